The molecule has 1 unspecified atom stereocenters. The van der Waals surface area contributed by atoms with E-state index in [1.807, 2.05) is 0 Å². The van der Waals surface area contributed by atoms with Crippen LogP contribution in [0.4, 0.5) is 0 Å². The summed E-state index contributed by atoms with van der Waals surface area (Å²) in [7, 11) is -2.44. The normalized spacial score (nSPS) is 19.3. The fourth-order valence-corrected chi connectivity index (χ4v) is 8.99. The van der Waals surface area contributed by atoms with Gasteiger partial charge < -0.3 is 9.16 Å². The zero-order chi connectivity index (χ0) is 19.7. The summed E-state index contributed by atoms with van der Waals surface area (Å²) in [6, 6.07) is 21.6. The largest absolute Gasteiger partial charge is 0.492 e. The summed E-state index contributed by atoms with van der Waals surface area (Å²) < 4.78 is 12.7. The molecule has 1 aliphatic heterocycles. The molecule has 27 heavy (non-hydrogen) atoms. The maximum atomic E-state index is 6.96. The van der Waals surface area contributed by atoms with Crippen LogP contribution in [0, 0.1) is 5.92 Å². The summed E-state index contributed by atoms with van der Waals surface area (Å²) in [4.78, 5) is 0. The Kier molecular flexibility index (Phi) is 5.37. The van der Waals surface area contributed by atoms with E-state index in [4.69, 9.17) is 9.16 Å². The van der Waals surface area contributed by atoms with Gasteiger partial charge in [-0.2, -0.15) is 0 Å². The first-order valence-electron chi connectivity index (χ1n) is 9.81. The lowest BCUT2D eigenvalue weighted by Crippen LogP contribution is -2.66. The number of benzene rings is 2. The molecule has 2 aromatic carbocycles. The summed E-state index contributed by atoms with van der Waals surface area (Å²) in [5, 5.41) is 2.66. The molecule has 0 aromatic heterocycles. The van der Waals surface area contributed by atoms with Gasteiger partial charge in [0.1, 0.15) is 5.60 Å². The molecule has 3 heteroatoms. The average molecular weight is 381 g/mol. The number of rotatable bonds is 6. The van der Waals surface area contributed by atoms with Crippen LogP contribution in [0.5, 0.6) is 0 Å². The SMILES string of the molecule is C=C1OC(C)(C)C1CCO[Si](c1ccccc1)(c1ccccc1)C(C)(C)C. The Balaban J connectivity index is 1.96. The molecule has 144 valence electrons. The van der Waals surface area contributed by atoms with E-state index in [-0.39, 0.29) is 10.6 Å². The summed E-state index contributed by atoms with van der Waals surface area (Å²) in [6.45, 7) is 16.0. The molecule has 3 rings (SSSR count). The first-order valence-corrected chi connectivity index (χ1v) is 11.7. The number of ether oxygens (including phenoxy) is 1. The predicted molar refractivity (Wildman–Crippen MR) is 116 cm³/mol. The van der Waals surface area contributed by atoms with Gasteiger partial charge in [0.05, 0.1) is 11.7 Å². The molecular formula is C24H32O2Si. The Bertz CT molecular complexity index is 736. The molecule has 0 amide bonds. The molecule has 0 radical (unpaired) electrons. The van der Waals surface area contributed by atoms with Crippen molar-refractivity contribution in [1.82, 2.24) is 0 Å². The summed E-state index contributed by atoms with van der Waals surface area (Å²) in [5.74, 6) is 1.25. The van der Waals surface area contributed by atoms with Gasteiger partial charge in [-0.15, -0.1) is 0 Å². The Labute approximate surface area is 165 Å². The van der Waals surface area contributed by atoms with Crippen LogP contribution >= 0.6 is 0 Å². The van der Waals surface area contributed by atoms with Gasteiger partial charge in [0.2, 0.25) is 0 Å². The van der Waals surface area contributed by atoms with Crippen molar-refractivity contribution in [1.29, 1.82) is 0 Å². The molecule has 2 aromatic rings. The van der Waals surface area contributed by atoms with Crippen molar-refractivity contribution < 1.29 is 9.16 Å². The van der Waals surface area contributed by atoms with Gasteiger partial charge in [-0.05, 0) is 35.7 Å². The van der Waals surface area contributed by atoms with Gasteiger partial charge in [-0.1, -0.05) is 88.0 Å². The topological polar surface area (TPSA) is 18.5 Å². The van der Waals surface area contributed by atoms with Gasteiger partial charge >= 0.3 is 0 Å². The second kappa shape index (κ2) is 7.29. The summed E-state index contributed by atoms with van der Waals surface area (Å²) in [5.41, 5.74) is -0.133. The fraction of sp³-hybridized carbons (Fsp3) is 0.417. The quantitative estimate of drug-likeness (QED) is 0.664. The van der Waals surface area contributed by atoms with Crippen molar-refractivity contribution in [2.24, 2.45) is 5.92 Å². The van der Waals surface area contributed by atoms with Crippen molar-refractivity contribution in [3.63, 3.8) is 0 Å². The first-order chi connectivity index (χ1) is 12.7. The molecule has 2 nitrogen and oxygen atoms in total. The van der Waals surface area contributed by atoms with Gasteiger partial charge in [0.15, 0.2) is 0 Å². The number of hydrogen-bond acceptors (Lipinski definition) is 2. The van der Waals surface area contributed by atoms with E-state index in [0.29, 0.717) is 12.5 Å². The minimum Gasteiger partial charge on any atom is -0.492 e. The monoisotopic (exact) mass is 380 g/mol. The van der Waals surface area contributed by atoms with Crippen LogP contribution < -0.4 is 10.4 Å². The minimum atomic E-state index is -2.44. The second-order valence-electron chi connectivity index (χ2n) is 9.02. The highest BCUT2D eigenvalue weighted by atomic mass is 28.4. The summed E-state index contributed by atoms with van der Waals surface area (Å²) in [6.07, 6.45) is 0.941. The van der Waals surface area contributed by atoms with E-state index < -0.39 is 8.32 Å². The smallest absolute Gasteiger partial charge is 0.261 e. The molecule has 1 saturated heterocycles. The molecule has 1 fully saturated rings. The first kappa shape index (κ1) is 19.9. The van der Waals surface area contributed by atoms with Crippen LogP contribution in [0.15, 0.2) is 73.0 Å². The van der Waals surface area contributed by atoms with Gasteiger partial charge in [0, 0.05) is 6.61 Å². The highest BCUT2D eigenvalue weighted by Crippen LogP contribution is 2.43. The molecule has 1 atom stereocenters. The fourth-order valence-electron chi connectivity index (χ4n) is 4.41. The van der Waals surface area contributed by atoms with Crippen LogP contribution in [0.1, 0.15) is 41.0 Å². The third kappa shape index (κ3) is 3.63. The zero-order valence-corrected chi connectivity index (χ0v) is 18.3. The molecule has 0 bridgehead atoms. The molecule has 1 heterocycles. The van der Waals surface area contributed by atoms with Gasteiger partial charge in [-0.25, -0.2) is 0 Å². The predicted octanol–water partition coefficient (Wildman–Crippen LogP) is 4.89. The molecule has 1 aliphatic rings. The second-order valence-corrected chi connectivity index (χ2v) is 13.3. The lowest BCUT2D eigenvalue weighted by molar-refractivity contribution is -0.121. The maximum Gasteiger partial charge on any atom is 0.261 e. The molecule has 0 aliphatic carbocycles. The Morgan fingerprint density at radius 2 is 1.44 bits per heavy atom. The lowest BCUT2D eigenvalue weighted by atomic mass is 9.81. The molecule has 0 spiro atoms. The van der Waals surface area contributed by atoms with Gasteiger partial charge in [-0.3, -0.25) is 0 Å². The zero-order valence-electron chi connectivity index (χ0n) is 17.3. The van der Waals surface area contributed by atoms with Gasteiger partial charge in [0.25, 0.3) is 8.32 Å². The Morgan fingerprint density at radius 3 is 1.81 bits per heavy atom. The minimum absolute atomic E-state index is 0.0122. The molecule has 0 N–H and O–H groups in total. The van der Waals surface area contributed by atoms with Crippen LogP contribution in [0.3, 0.4) is 0 Å². The summed E-state index contributed by atoms with van der Waals surface area (Å²) >= 11 is 0. The van der Waals surface area contributed by atoms with E-state index >= 15 is 0 Å². The lowest BCUT2D eigenvalue weighted by Gasteiger charge is -2.48. The van der Waals surface area contributed by atoms with E-state index in [1.165, 1.54) is 10.4 Å². The highest BCUT2D eigenvalue weighted by Gasteiger charge is 2.51. The molecule has 0 saturated carbocycles. The van der Waals surface area contributed by atoms with Crippen LogP contribution in [-0.2, 0) is 9.16 Å². The Hall–Kier alpha value is -1.84. The highest BCUT2D eigenvalue weighted by molar-refractivity contribution is 6.99. The average Bonchev–Trinajstić information content (AvgIpc) is 2.61. The third-order valence-electron chi connectivity index (χ3n) is 5.76. The van der Waals surface area contributed by atoms with Crippen LogP contribution in [-0.4, -0.2) is 20.5 Å². The maximum absolute atomic E-state index is 6.96. The van der Waals surface area contributed by atoms with Crippen LogP contribution in [0.25, 0.3) is 0 Å². The van der Waals surface area contributed by atoms with Crippen molar-refractivity contribution in [2.75, 3.05) is 6.61 Å². The molecular weight excluding hydrogens is 348 g/mol. The van der Waals surface area contributed by atoms with Crippen LogP contribution in [0.2, 0.25) is 5.04 Å². The number of hydrogen-bond donors (Lipinski definition) is 0. The van der Waals surface area contributed by atoms with Crippen molar-refractivity contribution in [3.8, 4) is 0 Å². The standard InChI is InChI=1S/C24H32O2Si/c1-19-22(24(5,6)26-19)17-18-25-27(23(2,3)4,20-13-9-7-10-14-20)21-15-11-8-12-16-21/h7-16,22H,1,17-18H2,2-6H3. The third-order valence-corrected chi connectivity index (χ3v) is 10.8. The Morgan fingerprint density at radius 1 is 0.963 bits per heavy atom. The van der Waals surface area contributed by atoms with E-state index in [0.717, 1.165) is 12.2 Å². The van der Waals surface area contributed by atoms with Crippen molar-refractivity contribution >= 4 is 18.7 Å². The van der Waals surface area contributed by atoms with Crippen molar-refractivity contribution in [3.05, 3.63) is 73.0 Å². The van der Waals surface area contributed by atoms with E-state index in [2.05, 4.69) is 102 Å². The van der Waals surface area contributed by atoms with E-state index in [9.17, 15) is 0 Å². The van der Waals surface area contributed by atoms with Crippen molar-refractivity contribution in [2.45, 2.75) is 51.7 Å². The van der Waals surface area contributed by atoms with E-state index in [1.54, 1.807) is 0 Å².